The molecule has 1 aliphatic heterocycles. The minimum atomic E-state index is 0.433. The maximum absolute atomic E-state index is 4.92. The Bertz CT molecular complexity index is 855. The zero-order chi connectivity index (χ0) is 18.1. The average molecular weight is 371 g/mol. The fraction of sp³-hybridized carbons (Fsp3) is 0.526. The number of likely N-dealkylation sites (tertiary alicyclic amines) is 1. The van der Waals surface area contributed by atoms with Crippen molar-refractivity contribution in [3.05, 3.63) is 51.5 Å². The molecule has 3 aromatic rings. The molecular formula is C19H26N6S. The lowest BCUT2D eigenvalue weighted by atomic mass is 10.1. The van der Waals surface area contributed by atoms with Crippen LogP contribution in [-0.2, 0) is 13.0 Å². The smallest absolute Gasteiger partial charge is 0.156 e. The first-order valence-corrected chi connectivity index (χ1v) is 10.1. The topological polar surface area (TPSA) is 51.8 Å². The van der Waals surface area contributed by atoms with E-state index in [1.807, 2.05) is 11.6 Å². The third kappa shape index (κ3) is 3.73. The maximum atomic E-state index is 4.92. The van der Waals surface area contributed by atoms with Crippen LogP contribution in [0.25, 0.3) is 0 Å². The van der Waals surface area contributed by atoms with Crippen LogP contribution in [0.1, 0.15) is 46.8 Å². The van der Waals surface area contributed by atoms with Crippen molar-refractivity contribution in [2.75, 3.05) is 20.1 Å². The van der Waals surface area contributed by atoms with Crippen LogP contribution < -0.4 is 0 Å². The van der Waals surface area contributed by atoms with Crippen molar-refractivity contribution in [1.29, 1.82) is 0 Å². The van der Waals surface area contributed by atoms with E-state index in [0.29, 0.717) is 12.6 Å². The highest BCUT2D eigenvalue weighted by Gasteiger charge is 2.23. The van der Waals surface area contributed by atoms with Gasteiger partial charge in [-0.1, -0.05) is 6.07 Å². The summed E-state index contributed by atoms with van der Waals surface area (Å²) < 4.78 is 4.23. The van der Waals surface area contributed by atoms with E-state index in [1.165, 1.54) is 10.6 Å². The molecule has 0 aliphatic carbocycles. The maximum Gasteiger partial charge on any atom is 0.156 e. The van der Waals surface area contributed by atoms with Crippen LogP contribution >= 0.6 is 11.3 Å². The van der Waals surface area contributed by atoms with Crippen molar-refractivity contribution < 1.29 is 0 Å². The standard InChI is InChI=1S/C19H26N6S/c1-14-11-15(2)24(21-14)13-19-20-18(12-17-5-4-10-26-17)22-25(19)16-6-8-23(3)9-7-16/h4-5,10-11,16H,6-9,12-13H2,1-3H3. The second kappa shape index (κ2) is 7.32. The lowest BCUT2D eigenvalue weighted by Crippen LogP contribution is -2.32. The Morgan fingerprint density at radius 1 is 1.19 bits per heavy atom. The summed E-state index contributed by atoms with van der Waals surface area (Å²) in [6, 6.07) is 6.79. The number of hydrogen-bond donors (Lipinski definition) is 0. The number of piperidine rings is 1. The summed E-state index contributed by atoms with van der Waals surface area (Å²) in [5.41, 5.74) is 2.21. The number of thiophene rings is 1. The summed E-state index contributed by atoms with van der Waals surface area (Å²) >= 11 is 1.77. The second-order valence-corrected chi connectivity index (χ2v) is 8.30. The first kappa shape index (κ1) is 17.4. The van der Waals surface area contributed by atoms with Crippen LogP contribution in [0.3, 0.4) is 0 Å². The summed E-state index contributed by atoms with van der Waals surface area (Å²) in [4.78, 5) is 8.61. The van der Waals surface area contributed by atoms with E-state index >= 15 is 0 Å². The van der Waals surface area contributed by atoms with Crippen molar-refractivity contribution >= 4 is 11.3 Å². The number of nitrogens with zero attached hydrogens (tertiary/aromatic N) is 6. The van der Waals surface area contributed by atoms with Gasteiger partial charge in [-0.25, -0.2) is 9.67 Å². The lowest BCUT2D eigenvalue weighted by molar-refractivity contribution is 0.208. The highest BCUT2D eigenvalue weighted by atomic mass is 32.1. The van der Waals surface area contributed by atoms with Crippen LogP contribution in [0.4, 0.5) is 0 Å². The van der Waals surface area contributed by atoms with Gasteiger partial charge in [0.15, 0.2) is 5.82 Å². The number of rotatable bonds is 5. The van der Waals surface area contributed by atoms with Crippen molar-refractivity contribution in [2.45, 2.75) is 45.7 Å². The highest BCUT2D eigenvalue weighted by molar-refractivity contribution is 7.09. The van der Waals surface area contributed by atoms with Crippen molar-refractivity contribution in [3.8, 4) is 0 Å². The zero-order valence-electron chi connectivity index (χ0n) is 15.7. The van der Waals surface area contributed by atoms with Gasteiger partial charge < -0.3 is 4.90 Å². The predicted molar refractivity (Wildman–Crippen MR) is 104 cm³/mol. The summed E-state index contributed by atoms with van der Waals surface area (Å²) in [5.74, 6) is 1.94. The minimum Gasteiger partial charge on any atom is -0.306 e. The molecule has 0 spiro atoms. The van der Waals surface area contributed by atoms with Crippen LogP contribution in [0.15, 0.2) is 23.6 Å². The zero-order valence-corrected chi connectivity index (χ0v) is 16.5. The molecule has 7 heteroatoms. The van der Waals surface area contributed by atoms with E-state index in [1.54, 1.807) is 11.3 Å². The van der Waals surface area contributed by atoms with Gasteiger partial charge in [0, 0.05) is 17.0 Å². The first-order chi connectivity index (χ1) is 12.6. The number of aryl methyl sites for hydroxylation is 2. The first-order valence-electron chi connectivity index (χ1n) is 9.25. The molecule has 0 bridgehead atoms. The van der Waals surface area contributed by atoms with Gasteiger partial charge in [0.25, 0.3) is 0 Å². The van der Waals surface area contributed by atoms with Gasteiger partial charge in [-0.2, -0.15) is 10.2 Å². The van der Waals surface area contributed by atoms with E-state index in [-0.39, 0.29) is 0 Å². The molecule has 0 unspecified atom stereocenters. The normalized spacial score (nSPS) is 16.4. The molecular weight excluding hydrogens is 344 g/mol. The summed E-state index contributed by atoms with van der Waals surface area (Å²) in [6.45, 7) is 7.05. The molecule has 1 fully saturated rings. The fourth-order valence-corrected chi connectivity index (χ4v) is 4.36. The monoisotopic (exact) mass is 370 g/mol. The summed E-state index contributed by atoms with van der Waals surface area (Å²) in [6.07, 6.45) is 3.06. The molecule has 6 nitrogen and oxygen atoms in total. The Morgan fingerprint density at radius 2 is 2.00 bits per heavy atom. The van der Waals surface area contributed by atoms with Gasteiger partial charge in [0.2, 0.25) is 0 Å². The van der Waals surface area contributed by atoms with Crippen LogP contribution in [0.2, 0.25) is 0 Å². The molecule has 4 heterocycles. The van der Waals surface area contributed by atoms with Crippen molar-refractivity contribution in [3.63, 3.8) is 0 Å². The molecule has 0 saturated carbocycles. The molecule has 0 radical (unpaired) electrons. The summed E-state index contributed by atoms with van der Waals surface area (Å²) in [7, 11) is 2.19. The van der Waals surface area contributed by atoms with Gasteiger partial charge in [-0.3, -0.25) is 4.68 Å². The Labute approximate surface area is 158 Å². The quantitative estimate of drug-likeness (QED) is 0.693. The van der Waals surface area contributed by atoms with Gasteiger partial charge in [-0.15, -0.1) is 11.3 Å². The Morgan fingerprint density at radius 3 is 2.65 bits per heavy atom. The molecule has 26 heavy (non-hydrogen) atoms. The third-order valence-corrected chi connectivity index (χ3v) is 5.96. The highest BCUT2D eigenvalue weighted by Crippen LogP contribution is 2.24. The van der Waals surface area contributed by atoms with Crippen molar-refractivity contribution in [1.82, 2.24) is 29.4 Å². The van der Waals surface area contributed by atoms with Crippen molar-refractivity contribution in [2.24, 2.45) is 0 Å². The largest absolute Gasteiger partial charge is 0.306 e. The fourth-order valence-electron chi connectivity index (χ4n) is 3.66. The van der Waals surface area contributed by atoms with Crippen LogP contribution in [-0.4, -0.2) is 49.6 Å². The Kier molecular flexibility index (Phi) is 4.91. The third-order valence-electron chi connectivity index (χ3n) is 5.09. The molecule has 138 valence electrons. The lowest BCUT2D eigenvalue weighted by Gasteiger charge is -2.29. The molecule has 0 N–H and O–H groups in total. The van der Waals surface area contributed by atoms with Gasteiger partial charge in [-0.05, 0) is 64.3 Å². The van der Waals surface area contributed by atoms with E-state index in [2.05, 4.69) is 52.2 Å². The van der Waals surface area contributed by atoms with Crippen LogP contribution in [0.5, 0.6) is 0 Å². The van der Waals surface area contributed by atoms with Gasteiger partial charge >= 0.3 is 0 Å². The molecule has 0 atom stereocenters. The molecule has 3 aromatic heterocycles. The molecule has 4 rings (SSSR count). The number of hydrogen-bond acceptors (Lipinski definition) is 5. The molecule has 0 aromatic carbocycles. The summed E-state index contributed by atoms with van der Waals surface area (Å²) in [5, 5.41) is 11.6. The second-order valence-electron chi connectivity index (χ2n) is 7.26. The predicted octanol–water partition coefficient (Wildman–Crippen LogP) is 3.06. The molecule has 0 amide bonds. The molecule has 1 saturated heterocycles. The van der Waals surface area contributed by atoms with Crippen LogP contribution in [0, 0.1) is 13.8 Å². The van der Waals surface area contributed by atoms with Gasteiger partial charge in [0.1, 0.15) is 12.4 Å². The number of aromatic nitrogens is 5. The molecule has 1 aliphatic rings. The average Bonchev–Trinajstić information content (AvgIpc) is 3.31. The Hall–Kier alpha value is -1.99. The van der Waals surface area contributed by atoms with Gasteiger partial charge in [0.05, 0.1) is 11.7 Å². The van der Waals surface area contributed by atoms with E-state index in [9.17, 15) is 0 Å². The Balaban J connectivity index is 1.63. The van der Waals surface area contributed by atoms with E-state index in [4.69, 9.17) is 10.1 Å². The SMILES string of the molecule is Cc1cc(C)n(Cc2nc(Cc3cccs3)nn2C2CCN(C)CC2)n1. The van der Waals surface area contributed by atoms with E-state index in [0.717, 1.165) is 49.7 Å². The van der Waals surface area contributed by atoms with E-state index < -0.39 is 0 Å². The minimum absolute atomic E-state index is 0.433.